The molecule has 28 heavy (non-hydrogen) atoms. The highest BCUT2D eigenvalue weighted by Crippen LogP contribution is 2.24. The van der Waals surface area contributed by atoms with Gasteiger partial charge in [-0.1, -0.05) is 24.3 Å². The van der Waals surface area contributed by atoms with Crippen LogP contribution in [0.3, 0.4) is 0 Å². The molecule has 1 amide bonds. The number of rotatable bonds is 7. The Hall–Kier alpha value is -2.51. The zero-order chi connectivity index (χ0) is 20.0. The number of ether oxygens (including phenoxy) is 1. The monoisotopic (exact) mass is 390 g/mol. The zero-order valence-corrected chi connectivity index (χ0v) is 15.5. The summed E-state index contributed by atoms with van der Waals surface area (Å²) in [4.78, 5) is 14.1. The van der Waals surface area contributed by atoms with E-state index in [1.54, 1.807) is 24.3 Å². The molecule has 1 aliphatic heterocycles. The highest BCUT2D eigenvalue weighted by molar-refractivity contribution is 5.78. The number of halogens is 2. The molecule has 3 rings (SSSR count). The number of piperidine rings is 1. The van der Waals surface area contributed by atoms with Crippen LogP contribution in [0.5, 0.6) is 5.75 Å². The number of carbonyl (C=O) groups excluding carboxylic acids is 1. The van der Waals surface area contributed by atoms with Crippen LogP contribution in [0, 0.1) is 11.6 Å². The molecule has 0 bridgehead atoms. The topological polar surface area (TPSA) is 61.8 Å². The Morgan fingerprint density at radius 3 is 2.46 bits per heavy atom. The van der Waals surface area contributed by atoms with Gasteiger partial charge in [0.1, 0.15) is 18.0 Å². The van der Waals surface area contributed by atoms with Crippen molar-refractivity contribution in [1.82, 2.24) is 10.2 Å². The van der Waals surface area contributed by atoms with Gasteiger partial charge in [0.15, 0.2) is 11.6 Å². The first-order chi connectivity index (χ1) is 13.4. The van der Waals surface area contributed by atoms with E-state index < -0.39 is 11.4 Å². The summed E-state index contributed by atoms with van der Waals surface area (Å²) in [7, 11) is 0. The molecular weight excluding hydrogens is 366 g/mol. The van der Waals surface area contributed by atoms with Gasteiger partial charge in [-0.25, -0.2) is 8.78 Å². The van der Waals surface area contributed by atoms with E-state index in [9.17, 15) is 18.7 Å². The molecule has 0 aliphatic carbocycles. The summed E-state index contributed by atoms with van der Waals surface area (Å²) in [5.41, 5.74) is -0.211. The number of hydrogen-bond acceptors (Lipinski definition) is 4. The molecule has 0 aromatic heterocycles. The molecule has 5 nitrogen and oxygen atoms in total. The molecule has 1 aliphatic rings. The number of para-hydroxylation sites is 1. The summed E-state index contributed by atoms with van der Waals surface area (Å²) in [6.07, 6.45) is 0.874. The van der Waals surface area contributed by atoms with E-state index in [1.165, 1.54) is 24.3 Å². The van der Waals surface area contributed by atoms with Crippen LogP contribution in [0.4, 0.5) is 8.78 Å². The average molecular weight is 390 g/mol. The summed E-state index contributed by atoms with van der Waals surface area (Å²) in [6.45, 7) is 1.67. The van der Waals surface area contributed by atoms with Crippen LogP contribution in [0.2, 0.25) is 0 Å². The largest absolute Gasteiger partial charge is 0.488 e. The number of amides is 1. The predicted octanol–water partition coefficient (Wildman–Crippen LogP) is 2.49. The third kappa shape index (κ3) is 5.74. The van der Waals surface area contributed by atoms with Gasteiger partial charge in [-0.3, -0.25) is 9.69 Å². The van der Waals surface area contributed by atoms with E-state index in [4.69, 9.17) is 4.74 Å². The number of likely N-dealkylation sites (tertiary alicyclic amines) is 1. The molecule has 0 spiro atoms. The first-order valence-corrected chi connectivity index (χ1v) is 9.27. The highest BCUT2D eigenvalue weighted by Gasteiger charge is 2.33. The van der Waals surface area contributed by atoms with Crippen molar-refractivity contribution in [3.05, 3.63) is 65.7 Å². The predicted molar refractivity (Wildman–Crippen MR) is 101 cm³/mol. The second-order valence-corrected chi connectivity index (χ2v) is 7.12. The van der Waals surface area contributed by atoms with E-state index in [1.807, 2.05) is 4.90 Å². The smallest absolute Gasteiger partial charge is 0.234 e. The van der Waals surface area contributed by atoms with Crippen LogP contribution in [-0.2, 0) is 11.3 Å². The normalized spacial score (nSPS) is 16.5. The maximum atomic E-state index is 13.6. The lowest BCUT2D eigenvalue weighted by molar-refractivity contribution is -0.124. The number of benzene rings is 2. The van der Waals surface area contributed by atoms with Crippen molar-refractivity contribution in [2.24, 2.45) is 0 Å². The van der Waals surface area contributed by atoms with Crippen molar-refractivity contribution in [3.8, 4) is 5.75 Å². The van der Waals surface area contributed by atoms with Gasteiger partial charge in [0.25, 0.3) is 0 Å². The summed E-state index contributed by atoms with van der Waals surface area (Å²) in [5.74, 6) is -0.771. The Morgan fingerprint density at radius 1 is 1.11 bits per heavy atom. The minimum absolute atomic E-state index is 0.0124. The fourth-order valence-corrected chi connectivity index (χ4v) is 3.11. The van der Waals surface area contributed by atoms with Crippen molar-refractivity contribution in [2.75, 3.05) is 26.2 Å². The number of hydrogen-bond donors (Lipinski definition) is 2. The number of nitrogens with zero attached hydrogens (tertiary/aromatic N) is 1. The molecule has 0 unspecified atom stereocenters. The van der Waals surface area contributed by atoms with Gasteiger partial charge >= 0.3 is 0 Å². The minimum Gasteiger partial charge on any atom is -0.488 e. The van der Waals surface area contributed by atoms with Crippen LogP contribution in [0.1, 0.15) is 18.4 Å². The summed E-state index contributed by atoms with van der Waals surface area (Å²) in [5, 5.41) is 13.5. The minimum atomic E-state index is -1.04. The molecular formula is C21H24F2N2O3. The summed E-state index contributed by atoms with van der Waals surface area (Å²) < 4.78 is 31.9. The van der Waals surface area contributed by atoms with Gasteiger partial charge in [0.05, 0.1) is 6.54 Å². The van der Waals surface area contributed by atoms with Gasteiger partial charge in [-0.2, -0.15) is 0 Å². The molecule has 1 heterocycles. The molecule has 7 heteroatoms. The number of aliphatic hydroxyl groups is 1. The second kappa shape index (κ2) is 9.12. The third-order valence-corrected chi connectivity index (χ3v) is 4.89. The summed E-state index contributed by atoms with van der Waals surface area (Å²) in [6, 6.07) is 12.1. The fraction of sp³-hybridized carbons (Fsp3) is 0.381. The second-order valence-electron chi connectivity index (χ2n) is 7.12. The summed E-state index contributed by atoms with van der Waals surface area (Å²) >= 11 is 0. The molecule has 1 fully saturated rings. The van der Waals surface area contributed by atoms with Crippen molar-refractivity contribution in [2.45, 2.75) is 25.0 Å². The fourth-order valence-electron chi connectivity index (χ4n) is 3.11. The van der Waals surface area contributed by atoms with Gasteiger partial charge in [0.2, 0.25) is 5.91 Å². The van der Waals surface area contributed by atoms with E-state index in [2.05, 4.69) is 5.32 Å². The lowest BCUT2D eigenvalue weighted by atomic mass is 9.92. The molecule has 2 N–H and O–H groups in total. The van der Waals surface area contributed by atoms with E-state index in [0.717, 1.165) is 5.56 Å². The Morgan fingerprint density at radius 2 is 1.79 bits per heavy atom. The first-order valence-electron chi connectivity index (χ1n) is 9.27. The van der Waals surface area contributed by atoms with Gasteiger partial charge in [0, 0.05) is 19.6 Å². The van der Waals surface area contributed by atoms with Crippen LogP contribution in [0.25, 0.3) is 0 Å². The maximum absolute atomic E-state index is 13.6. The van der Waals surface area contributed by atoms with Crippen molar-refractivity contribution >= 4 is 5.91 Å². The van der Waals surface area contributed by atoms with E-state index in [0.29, 0.717) is 32.5 Å². The van der Waals surface area contributed by atoms with Gasteiger partial charge < -0.3 is 15.2 Å². The highest BCUT2D eigenvalue weighted by atomic mass is 19.1. The van der Waals surface area contributed by atoms with Gasteiger partial charge in [-0.15, -0.1) is 0 Å². The average Bonchev–Trinajstić information content (AvgIpc) is 2.69. The molecule has 2 aromatic carbocycles. The SMILES string of the molecule is O=C(CN1CCC(O)(COc2ccccc2F)CC1)NCc1ccc(F)cc1. The quantitative estimate of drug-likeness (QED) is 0.763. The molecule has 2 aromatic rings. The standard InChI is InChI=1S/C21H24F2N2O3/c22-17-7-5-16(6-8-17)13-24-20(26)14-25-11-9-21(27,10-12-25)15-28-19-4-2-1-3-18(19)23/h1-8,27H,9-15H2,(H,24,26). The zero-order valence-electron chi connectivity index (χ0n) is 15.5. The molecule has 0 atom stereocenters. The van der Waals surface area contributed by atoms with Gasteiger partial charge in [-0.05, 0) is 42.7 Å². The Labute approximate surface area is 162 Å². The van der Waals surface area contributed by atoms with Crippen LogP contribution < -0.4 is 10.1 Å². The van der Waals surface area contributed by atoms with E-state index >= 15 is 0 Å². The van der Waals surface area contributed by atoms with Crippen LogP contribution in [-0.4, -0.2) is 47.8 Å². The molecule has 150 valence electrons. The maximum Gasteiger partial charge on any atom is 0.234 e. The molecule has 1 saturated heterocycles. The number of carbonyl (C=O) groups is 1. The molecule has 0 radical (unpaired) electrons. The Bertz CT molecular complexity index is 790. The number of nitrogens with one attached hydrogen (secondary N) is 1. The third-order valence-electron chi connectivity index (χ3n) is 4.89. The lowest BCUT2D eigenvalue weighted by Gasteiger charge is -2.37. The first kappa shape index (κ1) is 20.2. The van der Waals surface area contributed by atoms with Crippen molar-refractivity contribution < 1.29 is 23.4 Å². The van der Waals surface area contributed by atoms with Crippen LogP contribution >= 0.6 is 0 Å². The van der Waals surface area contributed by atoms with Crippen LogP contribution in [0.15, 0.2) is 48.5 Å². The Balaban J connectivity index is 1.40. The van der Waals surface area contributed by atoms with E-state index in [-0.39, 0.29) is 30.6 Å². The molecule has 0 saturated carbocycles. The lowest BCUT2D eigenvalue weighted by Crippen LogP contribution is -2.50. The Kier molecular flexibility index (Phi) is 6.59. The van der Waals surface area contributed by atoms with Crippen molar-refractivity contribution in [3.63, 3.8) is 0 Å². The van der Waals surface area contributed by atoms with Crippen molar-refractivity contribution in [1.29, 1.82) is 0 Å².